The zero-order valence-corrected chi connectivity index (χ0v) is 14.0. The van der Waals surface area contributed by atoms with Gasteiger partial charge in [0.1, 0.15) is 17.2 Å². The molecule has 0 aromatic carbocycles. The summed E-state index contributed by atoms with van der Waals surface area (Å²) in [5.74, 6) is -1.66. The number of carbonyl (C=O) groups excluding carboxylic acids is 2. The van der Waals surface area contributed by atoms with E-state index >= 15 is 0 Å². The number of pyridine rings is 2. The summed E-state index contributed by atoms with van der Waals surface area (Å²) in [6.45, 7) is 4.90. The molecule has 0 radical (unpaired) electrons. The number of aldehydes is 1. The average molecular weight is 349 g/mol. The van der Waals surface area contributed by atoms with Crippen LogP contribution in [0.15, 0.2) is 30.6 Å². The Labute approximate surface area is 143 Å². The van der Waals surface area contributed by atoms with Gasteiger partial charge in [-0.05, 0) is 44.5 Å². The molecule has 0 spiro atoms. The number of rotatable bonds is 4. The van der Waals surface area contributed by atoms with Crippen molar-refractivity contribution in [2.24, 2.45) is 0 Å². The lowest BCUT2D eigenvalue weighted by molar-refractivity contribution is 0.0576. The number of carbonyl (C=O) groups is 2. The van der Waals surface area contributed by atoms with Crippen molar-refractivity contribution in [1.82, 2.24) is 9.97 Å². The monoisotopic (exact) mass is 349 g/mol. The van der Waals surface area contributed by atoms with Gasteiger partial charge in [0.15, 0.2) is 6.29 Å². The summed E-state index contributed by atoms with van der Waals surface area (Å²) in [4.78, 5) is 31.6. The molecule has 0 atom stereocenters. The number of halogens is 2. The number of anilines is 1. The van der Waals surface area contributed by atoms with E-state index in [1.165, 1.54) is 24.4 Å². The maximum Gasteiger partial charge on any atom is 0.416 e. The van der Waals surface area contributed by atoms with Gasteiger partial charge in [-0.25, -0.2) is 14.2 Å². The van der Waals surface area contributed by atoms with E-state index < -0.39 is 23.5 Å². The van der Waals surface area contributed by atoms with Gasteiger partial charge >= 0.3 is 6.09 Å². The summed E-state index contributed by atoms with van der Waals surface area (Å²) in [7, 11) is 0. The maximum atomic E-state index is 13.8. The van der Waals surface area contributed by atoms with Crippen LogP contribution in [0.3, 0.4) is 0 Å². The first-order valence-corrected chi connectivity index (χ1v) is 7.41. The molecule has 0 saturated carbocycles. The van der Waals surface area contributed by atoms with E-state index in [1.807, 2.05) is 0 Å². The van der Waals surface area contributed by atoms with E-state index in [0.29, 0.717) is 11.8 Å². The maximum absolute atomic E-state index is 13.8. The molecule has 25 heavy (non-hydrogen) atoms. The molecule has 132 valence electrons. The van der Waals surface area contributed by atoms with Crippen LogP contribution in [-0.2, 0) is 11.3 Å². The van der Waals surface area contributed by atoms with Gasteiger partial charge in [0.2, 0.25) is 5.95 Å². The fraction of sp³-hybridized carbons (Fsp3) is 0.294. The first-order valence-electron chi connectivity index (χ1n) is 7.41. The first-order chi connectivity index (χ1) is 11.7. The molecule has 2 rings (SSSR count). The zero-order chi connectivity index (χ0) is 18.6. The van der Waals surface area contributed by atoms with E-state index in [0.717, 1.165) is 11.1 Å². The molecule has 0 saturated heterocycles. The molecule has 0 fully saturated rings. The van der Waals surface area contributed by atoms with E-state index in [1.54, 1.807) is 20.8 Å². The van der Waals surface area contributed by atoms with E-state index in [4.69, 9.17) is 4.74 Å². The van der Waals surface area contributed by atoms with Crippen LogP contribution in [0.1, 0.15) is 36.7 Å². The number of nitrogens with zero attached hydrogens (tertiary/aromatic N) is 3. The predicted molar refractivity (Wildman–Crippen MR) is 86.2 cm³/mol. The summed E-state index contributed by atoms with van der Waals surface area (Å²) in [5, 5.41) is 0. The summed E-state index contributed by atoms with van der Waals surface area (Å²) < 4.78 is 32.5. The van der Waals surface area contributed by atoms with Gasteiger partial charge in [0.05, 0.1) is 18.3 Å². The van der Waals surface area contributed by atoms with E-state index in [2.05, 4.69) is 9.97 Å². The quantitative estimate of drug-likeness (QED) is 0.624. The van der Waals surface area contributed by atoms with Crippen LogP contribution in [0, 0.1) is 11.8 Å². The molecule has 2 heterocycles. The normalized spacial score (nSPS) is 11.1. The average Bonchev–Trinajstić information content (AvgIpc) is 2.51. The smallest absolute Gasteiger partial charge is 0.416 e. The van der Waals surface area contributed by atoms with Gasteiger partial charge in [-0.2, -0.15) is 4.39 Å². The summed E-state index contributed by atoms with van der Waals surface area (Å²) in [5.41, 5.74) is -0.663. The highest BCUT2D eigenvalue weighted by atomic mass is 19.1. The van der Waals surface area contributed by atoms with Gasteiger partial charge in [-0.1, -0.05) is 0 Å². The second-order valence-corrected chi connectivity index (χ2v) is 6.25. The van der Waals surface area contributed by atoms with Crippen LogP contribution < -0.4 is 4.90 Å². The molecule has 8 heteroatoms. The second-order valence-electron chi connectivity index (χ2n) is 6.25. The van der Waals surface area contributed by atoms with Crippen molar-refractivity contribution < 1.29 is 23.1 Å². The van der Waals surface area contributed by atoms with Crippen LogP contribution in [0.25, 0.3) is 0 Å². The molecule has 6 nitrogen and oxygen atoms in total. The van der Waals surface area contributed by atoms with Crippen molar-refractivity contribution in [3.63, 3.8) is 0 Å². The van der Waals surface area contributed by atoms with Crippen molar-refractivity contribution in [3.8, 4) is 0 Å². The van der Waals surface area contributed by atoms with Gasteiger partial charge in [0, 0.05) is 6.20 Å². The zero-order valence-electron chi connectivity index (χ0n) is 14.0. The molecule has 1 amide bonds. The van der Waals surface area contributed by atoms with Crippen molar-refractivity contribution in [2.75, 3.05) is 4.90 Å². The largest absolute Gasteiger partial charge is 0.443 e. The number of hydrogen-bond donors (Lipinski definition) is 0. The number of aromatic nitrogens is 2. The number of hydrogen-bond acceptors (Lipinski definition) is 5. The third kappa shape index (κ3) is 5.03. The molecule has 0 aliphatic heterocycles. The standard InChI is InChI=1S/C17H17F2N3O3/c1-17(2,3)25-16(24)22(9-11-6-13(18)8-20-7-11)14-5-4-12(10-23)15(19)21-14/h4-8,10H,9H2,1-3H3. The molecule has 0 bridgehead atoms. The molecular weight excluding hydrogens is 332 g/mol. The lowest BCUT2D eigenvalue weighted by Gasteiger charge is -2.27. The molecule has 2 aromatic heterocycles. The third-order valence-electron chi connectivity index (χ3n) is 2.98. The Kier molecular flexibility index (Phi) is 5.41. The highest BCUT2D eigenvalue weighted by Crippen LogP contribution is 2.20. The Bertz CT molecular complexity index is 791. The van der Waals surface area contributed by atoms with Crippen LogP contribution in [0.5, 0.6) is 0 Å². The summed E-state index contributed by atoms with van der Waals surface area (Å²) in [6, 6.07) is 3.70. The van der Waals surface area contributed by atoms with Gasteiger partial charge in [0.25, 0.3) is 0 Å². The molecular formula is C17H17F2N3O3. The minimum absolute atomic E-state index is 0.0680. The van der Waals surface area contributed by atoms with E-state index in [-0.39, 0.29) is 17.9 Å². The first kappa shape index (κ1) is 18.4. The highest BCUT2D eigenvalue weighted by Gasteiger charge is 2.25. The second kappa shape index (κ2) is 7.33. The Morgan fingerprint density at radius 2 is 2.00 bits per heavy atom. The highest BCUT2D eigenvalue weighted by molar-refractivity contribution is 5.87. The van der Waals surface area contributed by atoms with Gasteiger partial charge in [-0.3, -0.25) is 14.7 Å². The Balaban J connectivity index is 2.39. The summed E-state index contributed by atoms with van der Waals surface area (Å²) in [6.07, 6.45) is 1.93. The molecule has 0 aliphatic rings. The number of amides is 1. The minimum Gasteiger partial charge on any atom is -0.443 e. The number of ether oxygens (including phenoxy) is 1. The van der Waals surface area contributed by atoms with Crippen LogP contribution in [0.4, 0.5) is 19.4 Å². The molecule has 0 N–H and O–H groups in total. The topological polar surface area (TPSA) is 72.4 Å². The predicted octanol–water partition coefficient (Wildman–Crippen LogP) is 3.51. The molecule has 0 unspecified atom stereocenters. The van der Waals surface area contributed by atoms with Crippen molar-refractivity contribution in [3.05, 3.63) is 53.5 Å². The fourth-order valence-corrected chi connectivity index (χ4v) is 1.95. The van der Waals surface area contributed by atoms with Crippen molar-refractivity contribution in [1.29, 1.82) is 0 Å². The van der Waals surface area contributed by atoms with E-state index in [9.17, 15) is 18.4 Å². The van der Waals surface area contributed by atoms with Crippen molar-refractivity contribution in [2.45, 2.75) is 32.9 Å². The van der Waals surface area contributed by atoms with Crippen LogP contribution in [-0.4, -0.2) is 27.9 Å². The van der Waals surface area contributed by atoms with Gasteiger partial charge < -0.3 is 4.74 Å². The summed E-state index contributed by atoms with van der Waals surface area (Å²) >= 11 is 0. The Hall–Kier alpha value is -2.90. The SMILES string of the molecule is CC(C)(C)OC(=O)N(Cc1cncc(F)c1)c1ccc(C=O)c(F)n1. The Morgan fingerprint density at radius 3 is 2.56 bits per heavy atom. The Morgan fingerprint density at radius 1 is 1.28 bits per heavy atom. The van der Waals surface area contributed by atoms with Crippen LogP contribution >= 0.6 is 0 Å². The lowest BCUT2D eigenvalue weighted by atomic mass is 10.2. The third-order valence-corrected chi connectivity index (χ3v) is 2.98. The minimum atomic E-state index is -1.02. The lowest BCUT2D eigenvalue weighted by Crippen LogP contribution is -2.37. The van der Waals surface area contributed by atoms with Gasteiger partial charge in [-0.15, -0.1) is 0 Å². The molecule has 0 aliphatic carbocycles. The van der Waals surface area contributed by atoms with Crippen molar-refractivity contribution >= 4 is 18.2 Å². The fourth-order valence-electron chi connectivity index (χ4n) is 1.95. The molecule has 2 aromatic rings. The van der Waals surface area contributed by atoms with Crippen LogP contribution in [0.2, 0.25) is 0 Å².